The zero-order chi connectivity index (χ0) is 23.3. The molecule has 0 N–H and O–H groups in total. The summed E-state index contributed by atoms with van der Waals surface area (Å²) >= 11 is 0. The van der Waals surface area contributed by atoms with Crippen molar-refractivity contribution in [3.05, 3.63) is 79.9 Å². The fourth-order valence-electron chi connectivity index (χ4n) is 2.47. The molecule has 0 saturated carbocycles. The van der Waals surface area contributed by atoms with Gasteiger partial charge in [-0.1, -0.05) is 13.2 Å². The van der Waals surface area contributed by atoms with Crippen LogP contribution in [0.25, 0.3) is 11.3 Å². The number of amides is 2. The van der Waals surface area contributed by atoms with Crippen molar-refractivity contribution in [1.29, 1.82) is 0 Å². The minimum Gasteiger partial charge on any atom is -0.437 e. The molecule has 8 nitrogen and oxygen atoms in total. The van der Waals surface area contributed by atoms with Gasteiger partial charge in [0.1, 0.15) is 11.4 Å². The lowest BCUT2D eigenvalue weighted by Gasteiger charge is -2.15. The number of carbonyl (C=O) groups excluding carboxylic acids is 2. The van der Waals surface area contributed by atoms with Crippen LogP contribution in [0, 0.1) is 0 Å². The molecule has 0 aliphatic heterocycles. The number of aromatic nitrogens is 4. The van der Waals surface area contributed by atoms with E-state index in [9.17, 15) is 22.8 Å². The van der Waals surface area contributed by atoms with Crippen LogP contribution in [-0.2, 0) is 15.8 Å². The van der Waals surface area contributed by atoms with Gasteiger partial charge in [0.2, 0.25) is 11.8 Å². The summed E-state index contributed by atoms with van der Waals surface area (Å²) in [7, 11) is 0. The van der Waals surface area contributed by atoms with Crippen LogP contribution in [0.4, 0.5) is 19.1 Å². The summed E-state index contributed by atoms with van der Waals surface area (Å²) in [5.41, 5.74) is -0.308. The molecule has 3 aromatic rings. The number of benzene rings is 1. The predicted octanol–water partition coefficient (Wildman–Crippen LogP) is 3.98. The summed E-state index contributed by atoms with van der Waals surface area (Å²) < 4.78 is 43.8. The third-order valence-electron chi connectivity index (χ3n) is 3.96. The maximum atomic E-state index is 12.7. The number of hydrogen-bond acceptors (Lipinski definition) is 7. The molecule has 0 aliphatic rings. The van der Waals surface area contributed by atoms with Gasteiger partial charge in [0.25, 0.3) is 11.8 Å². The summed E-state index contributed by atoms with van der Waals surface area (Å²) in [5, 5.41) is 0. The zero-order valence-corrected chi connectivity index (χ0v) is 16.3. The van der Waals surface area contributed by atoms with Crippen LogP contribution >= 0.6 is 0 Å². The van der Waals surface area contributed by atoms with E-state index < -0.39 is 23.6 Å². The van der Waals surface area contributed by atoms with Gasteiger partial charge in [-0.25, -0.2) is 24.8 Å². The van der Waals surface area contributed by atoms with Crippen LogP contribution in [0.3, 0.4) is 0 Å². The second kappa shape index (κ2) is 9.16. The summed E-state index contributed by atoms with van der Waals surface area (Å²) in [4.78, 5) is 40.8. The van der Waals surface area contributed by atoms with Gasteiger partial charge in [0, 0.05) is 30.4 Å². The van der Waals surface area contributed by atoms with Gasteiger partial charge >= 0.3 is 6.18 Å². The molecular weight excluding hydrogens is 427 g/mol. The number of alkyl halides is 3. The van der Waals surface area contributed by atoms with Crippen LogP contribution in [0.1, 0.15) is 5.56 Å². The first-order valence-electron chi connectivity index (χ1n) is 8.86. The molecule has 32 heavy (non-hydrogen) atoms. The molecule has 162 valence electrons. The maximum Gasteiger partial charge on any atom is 0.416 e. The number of halogens is 3. The van der Waals surface area contributed by atoms with Crippen LogP contribution in [-0.4, -0.2) is 31.8 Å². The lowest BCUT2D eigenvalue weighted by Crippen LogP contribution is -2.35. The second-order valence-corrected chi connectivity index (χ2v) is 6.03. The van der Waals surface area contributed by atoms with E-state index in [1.807, 2.05) is 0 Å². The van der Waals surface area contributed by atoms with Crippen LogP contribution in [0.5, 0.6) is 11.6 Å². The highest BCUT2D eigenvalue weighted by Crippen LogP contribution is 2.33. The fraction of sp³-hybridized carbons (Fsp3) is 0.0476. The lowest BCUT2D eigenvalue weighted by molar-refractivity contribution is -0.137. The number of anilines is 1. The second-order valence-electron chi connectivity index (χ2n) is 6.03. The van der Waals surface area contributed by atoms with Gasteiger partial charge < -0.3 is 4.74 Å². The van der Waals surface area contributed by atoms with Gasteiger partial charge in [-0.15, -0.1) is 0 Å². The van der Waals surface area contributed by atoms with Crippen molar-refractivity contribution in [2.24, 2.45) is 0 Å². The molecule has 0 radical (unpaired) electrons. The molecule has 1 aromatic carbocycles. The van der Waals surface area contributed by atoms with Gasteiger partial charge in [-0.3, -0.25) is 9.59 Å². The zero-order valence-electron chi connectivity index (χ0n) is 16.3. The summed E-state index contributed by atoms with van der Waals surface area (Å²) in [6.45, 7) is 6.66. The minimum atomic E-state index is -4.47. The van der Waals surface area contributed by atoms with Gasteiger partial charge in [-0.2, -0.15) is 13.2 Å². The monoisotopic (exact) mass is 441 g/mol. The average Bonchev–Trinajstić information content (AvgIpc) is 2.79. The van der Waals surface area contributed by atoms with E-state index in [4.69, 9.17) is 4.74 Å². The normalized spacial score (nSPS) is 10.8. The van der Waals surface area contributed by atoms with Crippen molar-refractivity contribution in [3.8, 4) is 22.9 Å². The van der Waals surface area contributed by atoms with Crippen molar-refractivity contribution < 1.29 is 27.5 Å². The molecule has 0 spiro atoms. The molecular formula is C21H14F3N5O3. The van der Waals surface area contributed by atoms with Crippen molar-refractivity contribution in [2.45, 2.75) is 6.18 Å². The molecule has 3 rings (SSSR count). The third-order valence-corrected chi connectivity index (χ3v) is 3.96. The first-order chi connectivity index (χ1) is 15.2. The quantitative estimate of drug-likeness (QED) is 0.534. The highest BCUT2D eigenvalue weighted by molar-refractivity contribution is 6.20. The SMILES string of the molecule is C=CC(=O)N(C(=O)C=C)c1ncc(-c2nccnc2Oc2ccc(C(F)(F)F)cc2)cn1. The van der Waals surface area contributed by atoms with Crippen LogP contribution in [0.15, 0.2) is 74.4 Å². The first kappa shape index (κ1) is 22.3. The molecule has 2 heterocycles. The van der Waals surface area contributed by atoms with Crippen molar-refractivity contribution in [2.75, 3.05) is 4.90 Å². The largest absolute Gasteiger partial charge is 0.437 e. The third kappa shape index (κ3) is 4.83. The number of ether oxygens (including phenoxy) is 1. The maximum absolute atomic E-state index is 12.7. The molecule has 0 saturated heterocycles. The molecule has 0 aliphatic carbocycles. The Kier molecular flexibility index (Phi) is 6.38. The van der Waals surface area contributed by atoms with E-state index >= 15 is 0 Å². The van der Waals surface area contributed by atoms with E-state index in [0.29, 0.717) is 10.5 Å². The molecule has 2 aromatic heterocycles. The highest BCUT2D eigenvalue weighted by atomic mass is 19.4. The molecule has 11 heteroatoms. The van der Waals surface area contributed by atoms with Gasteiger partial charge in [0.05, 0.1) is 5.56 Å². The Bertz CT molecular complexity index is 1140. The topological polar surface area (TPSA) is 98.2 Å². The Labute approximate surface area is 179 Å². The standard InChI is InChI=1S/C21H14F3N5O3/c1-3-16(30)29(17(31)4-2)20-27-11-13(12-28-20)18-19(26-10-9-25-18)32-15-7-5-14(6-8-15)21(22,23)24/h3-12H,1-2H2. The highest BCUT2D eigenvalue weighted by Gasteiger charge is 2.30. The minimum absolute atomic E-state index is 0.00944. The van der Waals surface area contributed by atoms with E-state index in [1.54, 1.807) is 0 Å². The van der Waals surface area contributed by atoms with E-state index in [2.05, 4.69) is 33.1 Å². The number of imide groups is 1. The van der Waals surface area contributed by atoms with Crippen molar-refractivity contribution >= 4 is 17.8 Å². The molecule has 2 amide bonds. The Hall–Kier alpha value is -4.41. The lowest BCUT2D eigenvalue weighted by atomic mass is 10.2. The number of nitrogens with zero attached hydrogens (tertiary/aromatic N) is 5. The molecule has 0 fully saturated rings. The first-order valence-corrected chi connectivity index (χ1v) is 8.86. The summed E-state index contributed by atoms with van der Waals surface area (Å²) in [6, 6.07) is 4.07. The Morgan fingerprint density at radius 3 is 2.00 bits per heavy atom. The van der Waals surface area contributed by atoms with Crippen LogP contribution < -0.4 is 9.64 Å². The molecule has 0 atom stereocenters. The molecule has 0 bridgehead atoms. The predicted molar refractivity (Wildman–Crippen MR) is 107 cm³/mol. The average molecular weight is 441 g/mol. The van der Waals surface area contributed by atoms with Crippen molar-refractivity contribution in [1.82, 2.24) is 19.9 Å². The summed E-state index contributed by atoms with van der Waals surface area (Å²) in [5.74, 6) is -1.60. The smallest absolute Gasteiger partial charge is 0.416 e. The van der Waals surface area contributed by atoms with E-state index in [1.165, 1.54) is 24.8 Å². The Morgan fingerprint density at radius 2 is 1.47 bits per heavy atom. The van der Waals surface area contributed by atoms with E-state index in [-0.39, 0.29) is 23.3 Å². The van der Waals surface area contributed by atoms with E-state index in [0.717, 1.165) is 36.4 Å². The van der Waals surface area contributed by atoms with Gasteiger partial charge in [-0.05, 0) is 36.4 Å². The number of carbonyl (C=O) groups is 2. The Balaban J connectivity index is 1.90. The number of rotatable bonds is 6. The molecule has 0 unspecified atom stereocenters. The fourth-order valence-corrected chi connectivity index (χ4v) is 2.47. The van der Waals surface area contributed by atoms with Gasteiger partial charge in [0.15, 0.2) is 0 Å². The number of hydrogen-bond donors (Lipinski definition) is 0. The van der Waals surface area contributed by atoms with Crippen LogP contribution in [0.2, 0.25) is 0 Å². The van der Waals surface area contributed by atoms with Crippen molar-refractivity contribution in [3.63, 3.8) is 0 Å². The summed E-state index contributed by atoms with van der Waals surface area (Å²) in [6.07, 6.45) is 2.66. The Morgan fingerprint density at radius 1 is 0.906 bits per heavy atom.